The molecule has 0 aromatic heterocycles. The minimum Gasteiger partial charge on any atom is -0.483 e. The van der Waals surface area contributed by atoms with Gasteiger partial charge in [0.05, 0.1) is 0 Å². The maximum atomic E-state index is 8.36. The van der Waals surface area contributed by atoms with Crippen molar-refractivity contribution in [3.63, 3.8) is 0 Å². The van der Waals surface area contributed by atoms with E-state index in [4.69, 9.17) is 40.6 Å². The molecule has 92 valence electrons. The van der Waals surface area contributed by atoms with Crippen molar-refractivity contribution in [3.8, 4) is 0 Å². The number of hydrogen-bond donors (Lipinski definition) is 4. The summed E-state index contributed by atoms with van der Waals surface area (Å²) >= 11 is 0. The van der Waals surface area contributed by atoms with Gasteiger partial charge in [0.25, 0.3) is 19.4 Å². The number of nitrogens with zero attached hydrogens (tertiary/aromatic N) is 3. The molecule has 0 spiro atoms. The van der Waals surface area contributed by atoms with Crippen molar-refractivity contribution in [2.75, 3.05) is 6.73 Å². The summed E-state index contributed by atoms with van der Waals surface area (Å²) in [5.41, 5.74) is 7.60. The van der Waals surface area contributed by atoms with Crippen molar-refractivity contribution in [3.05, 3.63) is 10.4 Å². The van der Waals surface area contributed by atoms with Gasteiger partial charge < -0.3 is 20.1 Å². The molecule has 0 bridgehead atoms. The summed E-state index contributed by atoms with van der Waals surface area (Å²) in [7, 11) is 0. The average Bonchev–Trinajstić information content (AvgIpc) is 2.22. The quantitative estimate of drug-likeness (QED) is 0.101. The van der Waals surface area contributed by atoms with E-state index in [0.29, 0.717) is 6.40 Å². The number of azide groups is 1. The van der Waals surface area contributed by atoms with Crippen LogP contribution in [0.15, 0.2) is 5.11 Å². The summed E-state index contributed by atoms with van der Waals surface area (Å²) in [5.74, 6) is 0. The van der Waals surface area contributed by atoms with E-state index in [-0.39, 0.29) is 26.1 Å². The molecule has 0 aliphatic heterocycles. The summed E-state index contributed by atoms with van der Waals surface area (Å²) in [6.07, 6.45) is 0.717. The van der Waals surface area contributed by atoms with Crippen LogP contribution in [0.1, 0.15) is 0 Å². The van der Waals surface area contributed by atoms with E-state index in [1.807, 2.05) is 0 Å². The van der Waals surface area contributed by atoms with Crippen molar-refractivity contribution < 1.29 is 34.4 Å². The molecule has 0 aromatic rings. The van der Waals surface area contributed by atoms with Crippen LogP contribution in [0, 0.1) is 5.41 Å². The lowest BCUT2D eigenvalue weighted by Gasteiger charge is -1.83. The molecule has 0 saturated carbocycles. The van der Waals surface area contributed by atoms with Gasteiger partial charge in [-0.25, -0.2) is 0 Å². The molecule has 0 aromatic carbocycles. The highest BCUT2D eigenvalue weighted by Gasteiger charge is 1.66. The molecule has 16 heavy (non-hydrogen) atoms. The maximum Gasteiger partial charge on any atom is 0.290 e. The predicted octanol–water partition coefficient (Wildman–Crippen LogP) is -0.0197. The highest BCUT2D eigenvalue weighted by Crippen LogP contribution is 1.68. The Hall–Kier alpha value is -2.81. The number of nitrogens with one attached hydrogen (secondary N) is 1. The first-order valence-corrected chi connectivity index (χ1v) is 3.01. The zero-order valence-electron chi connectivity index (χ0n) is 7.83. The first kappa shape index (κ1) is 23.2. The van der Waals surface area contributed by atoms with Gasteiger partial charge in [-0.05, 0) is 5.53 Å². The summed E-state index contributed by atoms with van der Waals surface area (Å²) in [6.45, 7) is -0.847. The number of carbonyl (C=O) groups is 3. The highest BCUT2D eigenvalue weighted by atomic mass is 16.5. The topological polar surface area (TPSA) is 194 Å². The van der Waals surface area contributed by atoms with Gasteiger partial charge in [0, 0.05) is 4.91 Å². The molecule has 11 heteroatoms. The molecule has 0 fully saturated rings. The van der Waals surface area contributed by atoms with Gasteiger partial charge >= 0.3 is 0 Å². The molecular formula is C5H10N4O7. The molecule has 0 aliphatic rings. The van der Waals surface area contributed by atoms with Crippen molar-refractivity contribution in [2.45, 2.75) is 0 Å². The zero-order chi connectivity index (χ0) is 13.7. The number of ether oxygens (including phenoxy) is 1. The van der Waals surface area contributed by atoms with Gasteiger partial charge in [0.15, 0.2) is 13.1 Å². The van der Waals surface area contributed by atoms with Crippen LogP contribution in [0.2, 0.25) is 0 Å². The van der Waals surface area contributed by atoms with Gasteiger partial charge in [-0.1, -0.05) is 5.11 Å². The third kappa shape index (κ3) is 821. The molecule has 11 nitrogen and oxygen atoms in total. The van der Waals surface area contributed by atoms with Crippen LogP contribution < -0.4 is 0 Å². The second-order valence-electron chi connectivity index (χ2n) is 0.961. The molecule has 4 N–H and O–H groups in total. The van der Waals surface area contributed by atoms with E-state index in [2.05, 4.69) is 14.8 Å². The fourth-order valence-electron chi connectivity index (χ4n) is 0.0964. The largest absolute Gasteiger partial charge is 0.483 e. The van der Waals surface area contributed by atoms with Crippen LogP contribution in [0.4, 0.5) is 0 Å². The second-order valence-corrected chi connectivity index (χ2v) is 0.961. The van der Waals surface area contributed by atoms with Crippen molar-refractivity contribution in [2.24, 2.45) is 5.11 Å². The summed E-state index contributed by atoms with van der Waals surface area (Å²) in [6, 6.07) is 0. The monoisotopic (exact) mass is 238 g/mol. The van der Waals surface area contributed by atoms with Crippen molar-refractivity contribution >= 4 is 25.8 Å². The smallest absolute Gasteiger partial charge is 0.290 e. The van der Waals surface area contributed by atoms with Crippen LogP contribution in [0.25, 0.3) is 10.4 Å². The Balaban J connectivity index is -0.0000000677. The van der Waals surface area contributed by atoms with E-state index < -0.39 is 0 Å². The van der Waals surface area contributed by atoms with Crippen LogP contribution in [0.3, 0.4) is 0 Å². The Labute approximate surface area is 89.0 Å². The molecule has 0 atom stereocenters. The molecule has 0 saturated heterocycles. The number of hydrogen-bond acceptors (Lipinski definition) is 6. The van der Waals surface area contributed by atoms with Crippen LogP contribution in [-0.4, -0.2) is 47.9 Å². The lowest BCUT2D eigenvalue weighted by molar-refractivity contribution is -0.123. The minimum atomic E-state index is -0.250. The number of carboxylic acid groups (broad SMARTS) is 3. The second kappa shape index (κ2) is 56.7. The van der Waals surface area contributed by atoms with E-state index in [0.717, 1.165) is 0 Å². The summed E-state index contributed by atoms with van der Waals surface area (Å²) in [5, 5.41) is 29.9. The Bertz CT molecular complexity index is 189. The summed E-state index contributed by atoms with van der Waals surface area (Å²) < 4.78 is 4.20. The zero-order valence-corrected chi connectivity index (χ0v) is 7.83. The van der Waals surface area contributed by atoms with E-state index in [9.17, 15) is 0 Å². The third-order valence-corrected chi connectivity index (χ3v) is 0.279. The first-order chi connectivity index (χ1) is 7.66. The van der Waals surface area contributed by atoms with Crippen LogP contribution in [0.5, 0.6) is 0 Å². The number of rotatable bonds is 3. The molecule has 0 unspecified atom stereocenters. The van der Waals surface area contributed by atoms with E-state index in [1.54, 1.807) is 0 Å². The molecule has 0 amide bonds. The van der Waals surface area contributed by atoms with E-state index >= 15 is 0 Å². The maximum absolute atomic E-state index is 8.36. The molecule has 0 aliphatic carbocycles. The Kier molecular flexibility index (Phi) is 82.2. The van der Waals surface area contributed by atoms with Crippen molar-refractivity contribution in [1.82, 2.24) is 0 Å². The van der Waals surface area contributed by atoms with Gasteiger partial charge in [0.1, 0.15) is 0 Å². The minimum absolute atomic E-state index is 0.0972. The Morgan fingerprint density at radius 1 is 1.19 bits per heavy atom. The van der Waals surface area contributed by atoms with Gasteiger partial charge in [-0.3, -0.25) is 19.8 Å². The molecular weight excluding hydrogens is 228 g/mol. The van der Waals surface area contributed by atoms with E-state index in [1.165, 1.54) is 0 Å². The van der Waals surface area contributed by atoms with Gasteiger partial charge in [-0.15, -0.1) is 0 Å². The van der Waals surface area contributed by atoms with Crippen molar-refractivity contribution in [1.29, 1.82) is 5.41 Å². The fourth-order valence-corrected chi connectivity index (χ4v) is 0.0964. The first-order valence-electron chi connectivity index (χ1n) is 3.01. The average molecular weight is 238 g/mol. The Morgan fingerprint density at radius 2 is 1.50 bits per heavy atom. The normalized spacial score (nSPS) is 5.00. The van der Waals surface area contributed by atoms with Crippen LogP contribution >= 0.6 is 0 Å². The van der Waals surface area contributed by atoms with Crippen LogP contribution in [-0.2, 0) is 19.1 Å². The Morgan fingerprint density at radius 3 is 1.69 bits per heavy atom. The van der Waals surface area contributed by atoms with Gasteiger partial charge in [0.2, 0.25) is 0 Å². The SMILES string of the molecule is O=CO.O=CO.O=CO.[N-]=[N+]=NCOC=N. The summed E-state index contributed by atoms with van der Waals surface area (Å²) in [4.78, 5) is 27.5. The van der Waals surface area contributed by atoms with Gasteiger partial charge in [-0.2, -0.15) is 0 Å². The third-order valence-electron chi connectivity index (χ3n) is 0.279. The molecule has 0 rings (SSSR count). The standard InChI is InChI=1S/C2H4N4O.3CH2O2/c3-1-7-2-5-6-4;3*2-1-3/h1,3H,2H2;3*1H,(H,2,3). The lowest BCUT2D eigenvalue weighted by Crippen LogP contribution is -1.82. The fraction of sp³-hybridized carbons (Fsp3) is 0.200. The lowest BCUT2D eigenvalue weighted by atomic mass is 11.3. The molecule has 0 heterocycles. The molecule has 0 radical (unpaired) electrons. The predicted molar refractivity (Wildman–Crippen MR) is 50.0 cm³/mol. The highest BCUT2D eigenvalue weighted by molar-refractivity contribution is 5.40.